The Labute approximate surface area is 105 Å². The smallest absolute Gasteiger partial charge is 0.353 e. The molecule has 0 unspecified atom stereocenters. The second kappa shape index (κ2) is 4.52. The van der Waals surface area contributed by atoms with Gasteiger partial charge in [-0.15, -0.1) is 0 Å². The van der Waals surface area contributed by atoms with Crippen molar-refractivity contribution in [2.45, 2.75) is 6.92 Å². The van der Waals surface area contributed by atoms with Gasteiger partial charge in [0.1, 0.15) is 5.69 Å². The predicted molar refractivity (Wildman–Crippen MR) is 70.0 cm³/mol. The number of rotatable bonds is 3. The molecule has 0 fully saturated rings. The first-order valence-electron chi connectivity index (χ1n) is 5.56. The normalized spacial score (nSPS) is 10.4. The van der Waals surface area contributed by atoms with E-state index in [9.17, 15) is 4.79 Å². The van der Waals surface area contributed by atoms with Crippen molar-refractivity contribution in [2.75, 3.05) is 19.0 Å². The first-order chi connectivity index (χ1) is 8.50. The van der Waals surface area contributed by atoms with Crippen molar-refractivity contribution in [1.29, 1.82) is 0 Å². The number of nitrogens with zero attached hydrogens (tertiary/aromatic N) is 2. The van der Waals surface area contributed by atoms with Gasteiger partial charge < -0.3 is 10.0 Å². The SMILES string of the molecule is Cc1cccc(N(C)C)c1-c1cc(C(=O)O)[nH]n1. The summed E-state index contributed by atoms with van der Waals surface area (Å²) in [6.07, 6.45) is 0. The van der Waals surface area contributed by atoms with Crippen molar-refractivity contribution in [3.05, 3.63) is 35.5 Å². The minimum Gasteiger partial charge on any atom is -0.477 e. The van der Waals surface area contributed by atoms with Gasteiger partial charge in [-0.25, -0.2) is 4.79 Å². The van der Waals surface area contributed by atoms with E-state index in [2.05, 4.69) is 10.2 Å². The van der Waals surface area contributed by atoms with Crippen molar-refractivity contribution in [3.8, 4) is 11.3 Å². The van der Waals surface area contributed by atoms with Gasteiger partial charge in [0.15, 0.2) is 0 Å². The van der Waals surface area contributed by atoms with E-state index in [0.717, 1.165) is 16.8 Å². The van der Waals surface area contributed by atoms with E-state index in [0.29, 0.717) is 5.69 Å². The van der Waals surface area contributed by atoms with E-state index in [-0.39, 0.29) is 5.69 Å². The van der Waals surface area contributed by atoms with E-state index < -0.39 is 5.97 Å². The van der Waals surface area contributed by atoms with Gasteiger partial charge in [0.05, 0.1) is 5.69 Å². The van der Waals surface area contributed by atoms with Gasteiger partial charge >= 0.3 is 5.97 Å². The van der Waals surface area contributed by atoms with E-state index >= 15 is 0 Å². The molecule has 0 bridgehead atoms. The van der Waals surface area contributed by atoms with Gasteiger partial charge in [-0.2, -0.15) is 5.10 Å². The van der Waals surface area contributed by atoms with Crippen LogP contribution in [-0.2, 0) is 0 Å². The van der Waals surface area contributed by atoms with Crippen LogP contribution in [-0.4, -0.2) is 35.4 Å². The number of aromatic amines is 1. The third-order valence-electron chi connectivity index (χ3n) is 2.80. The molecule has 0 saturated carbocycles. The van der Waals surface area contributed by atoms with Gasteiger partial charge in [-0.3, -0.25) is 5.10 Å². The second-order valence-corrected chi connectivity index (χ2v) is 4.34. The first-order valence-corrected chi connectivity index (χ1v) is 5.56. The van der Waals surface area contributed by atoms with Crippen LogP contribution in [0.3, 0.4) is 0 Å². The van der Waals surface area contributed by atoms with Gasteiger partial charge in [-0.1, -0.05) is 12.1 Å². The third kappa shape index (κ3) is 2.07. The Morgan fingerprint density at radius 2 is 2.11 bits per heavy atom. The summed E-state index contributed by atoms with van der Waals surface area (Å²) in [5.74, 6) is -1.01. The van der Waals surface area contributed by atoms with Gasteiger partial charge in [0.2, 0.25) is 0 Å². The fourth-order valence-electron chi connectivity index (χ4n) is 1.92. The summed E-state index contributed by atoms with van der Waals surface area (Å²) >= 11 is 0. The van der Waals surface area contributed by atoms with Crippen LogP contribution in [0.5, 0.6) is 0 Å². The van der Waals surface area contributed by atoms with Crippen LogP contribution in [0.15, 0.2) is 24.3 Å². The highest BCUT2D eigenvalue weighted by molar-refractivity contribution is 5.88. The lowest BCUT2D eigenvalue weighted by atomic mass is 10.0. The molecule has 0 aliphatic heterocycles. The van der Waals surface area contributed by atoms with Crippen LogP contribution in [0.2, 0.25) is 0 Å². The molecule has 0 atom stereocenters. The Bertz CT molecular complexity index is 588. The van der Waals surface area contributed by atoms with Crippen LogP contribution in [0.4, 0.5) is 5.69 Å². The predicted octanol–water partition coefficient (Wildman–Crippen LogP) is 2.15. The van der Waals surface area contributed by atoms with Crippen LogP contribution < -0.4 is 4.90 Å². The summed E-state index contributed by atoms with van der Waals surface area (Å²) < 4.78 is 0. The topological polar surface area (TPSA) is 69.2 Å². The van der Waals surface area contributed by atoms with Gasteiger partial charge in [-0.05, 0) is 24.6 Å². The molecular formula is C13H15N3O2. The summed E-state index contributed by atoms with van der Waals surface area (Å²) in [5, 5.41) is 15.5. The minimum absolute atomic E-state index is 0.0953. The van der Waals surface area contributed by atoms with Crippen molar-refractivity contribution < 1.29 is 9.90 Å². The van der Waals surface area contributed by atoms with Gasteiger partial charge in [0.25, 0.3) is 0 Å². The van der Waals surface area contributed by atoms with Crippen molar-refractivity contribution in [1.82, 2.24) is 10.2 Å². The number of H-pyrrole nitrogens is 1. The molecular weight excluding hydrogens is 230 g/mol. The lowest BCUT2D eigenvalue weighted by molar-refractivity contribution is 0.0690. The fourth-order valence-corrected chi connectivity index (χ4v) is 1.92. The molecule has 0 spiro atoms. The number of benzene rings is 1. The van der Waals surface area contributed by atoms with Crippen LogP contribution in [0.25, 0.3) is 11.3 Å². The second-order valence-electron chi connectivity index (χ2n) is 4.34. The summed E-state index contributed by atoms with van der Waals surface area (Å²) in [6, 6.07) is 7.49. The number of aryl methyl sites for hydroxylation is 1. The van der Waals surface area contributed by atoms with E-state index in [4.69, 9.17) is 5.11 Å². The molecule has 94 valence electrons. The maximum Gasteiger partial charge on any atom is 0.353 e. The Kier molecular flexibility index (Phi) is 3.06. The van der Waals surface area contributed by atoms with Crippen LogP contribution >= 0.6 is 0 Å². The standard InChI is InChI=1S/C13H15N3O2/c1-8-5-4-6-11(16(2)3)12(8)9-7-10(13(17)18)15-14-9/h4-7H,1-3H3,(H,14,15)(H,17,18). The average molecular weight is 245 g/mol. The number of carboxylic acid groups (broad SMARTS) is 1. The fraction of sp³-hybridized carbons (Fsp3) is 0.231. The third-order valence-corrected chi connectivity index (χ3v) is 2.80. The molecule has 18 heavy (non-hydrogen) atoms. The number of nitrogens with one attached hydrogen (secondary N) is 1. The number of aromatic carboxylic acids is 1. The average Bonchev–Trinajstić information content (AvgIpc) is 2.77. The lowest BCUT2D eigenvalue weighted by Gasteiger charge is -2.18. The zero-order valence-corrected chi connectivity index (χ0v) is 10.6. The number of hydrogen-bond donors (Lipinski definition) is 2. The van der Waals surface area contributed by atoms with Crippen molar-refractivity contribution in [2.24, 2.45) is 0 Å². The zero-order valence-electron chi connectivity index (χ0n) is 10.6. The highest BCUT2D eigenvalue weighted by Gasteiger charge is 2.15. The Hall–Kier alpha value is -2.30. The molecule has 1 aromatic heterocycles. The number of carbonyl (C=O) groups is 1. The number of carboxylic acids is 1. The van der Waals surface area contributed by atoms with Crippen LogP contribution in [0, 0.1) is 6.92 Å². The summed E-state index contributed by atoms with van der Waals surface area (Å²) in [4.78, 5) is 12.9. The molecule has 5 nitrogen and oxygen atoms in total. The molecule has 0 amide bonds. The molecule has 2 N–H and O–H groups in total. The maximum atomic E-state index is 10.9. The molecule has 1 heterocycles. The number of hydrogen-bond acceptors (Lipinski definition) is 3. The highest BCUT2D eigenvalue weighted by atomic mass is 16.4. The highest BCUT2D eigenvalue weighted by Crippen LogP contribution is 2.31. The number of aromatic nitrogens is 2. The van der Waals surface area contributed by atoms with E-state index in [1.807, 2.05) is 44.1 Å². The van der Waals surface area contributed by atoms with E-state index in [1.165, 1.54) is 0 Å². The molecule has 0 saturated heterocycles. The molecule has 2 aromatic rings. The molecule has 0 aliphatic carbocycles. The zero-order chi connectivity index (χ0) is 13.3. The Morgan fingerprint density at radius 3 is 2.67 bits per heavy atom. The summed E-state index contributed by atoms with van der Waals surface area (Å²) in [5.41, 5.74) is 3.77. The summed E-state index contributed by atoms with van der Waals surface area (Å²) in [7, 11) is 3.89. The van der Waals surface area contributed by atoms with Crippen LogP contribution in [0.1, 0.15) is 16.1 Å². The molecule has 5 heteroatoms. The minimum atomic E-state index is -1.01. The molecule has 2 rings (SSSR count). The molecule has 0 radical (unpaired) electrons. The van der Waals surface area contributed by atoms with E-state index in [1.54, 1.807) is 6.07 Å². The quantitative estimate of drug-likeness (QED) is 0.869. The first kappa shape index (κ1) is 12.2. The monoisotopic (exact) mass is 245 g/mol. The number of anilines is 1. The van der Waals surface area contributed by atoms with Crippen molar-refractivity contribution >= 4 is 11.7 Å². The Balaban J connectivity index is 2.58. The van der Waals surface area contributed by atoms with Crippen molar-refractivity contribution in [3.63, 3.8) is 0 Å². The molecule has 0 aliphatic rings. The molecule has 1 aromatic carbocycles. The lowest BCUT2D eigenvalue weighted by Crippen LogP contribution is -2.10. The summed E-state index contributed by atoms with van der Waals surface area (Å²) in [6.45, 7) is 1.98. The maximum absolute atomic E-state index is 10.9. The van der Waals surface area contributed by atoms with Gasteiger partial charge in [0, 0.05) is 25.3 Å². The Morgan fingerprint density at radius 1 is 1.39 bits per heavy atom. The largest absolute Gasteiger partial charge is 0.477 e.